The Bertz CT molecular complexity index is 1520. The van der Waals surface area contributed by atoms with E-state index in [1.165, 1.54) is 36.4 Å². The molecule has 3 aromatic carbocycles. The number of primary amides is 1. The van der Waals surface area contributed by atoms with Gasteiger partial charge in [-0.15, -0.1) is 13.2 Å². The van der Waals surface area contributed by atoms with Crippen LogP contribution in [-0.4, -0.2) is 25.7 Å². The topological polar surface area (TPSA) is 111 Å². The van der Waals surface area contributed by atoms with Crippen molar-refractivity contribution in [1.29, 1.82) is 0 Å². The summed E-state index contributed by atoms with van der Waals surface area (Å²) in [6.07, 6.45) is -3.27. The first-order chi connectivity index (χ1) is 16.9. The Morgan fingerprint density at radius 1 is 1.00 bits per heavy atom. The summed E-state index contributed by atoms with van der Waals surface area (Å²) in [5, 5.41) is 1.69. The summed E-state index contributed by atoms with van der Waals surface area (Å²) in [6, 6.07) is 16.3. The van der Waals surface area contributed by atoms with Gasteiger partial charge in [-0.2, -0.15) is 4.72 Å². The van der Waals surface area contributed by atoms with Crippen molar-refractivity contribution in [1.82, 2.24) is 9.71 Å². The number of amides is 1. The molecule has 0 radical (unpaired) electrons. The monoisotopic (exact) mass is 515 g/mol. The predicted molar refractivity (Wildman–Crippen MR) is 127 cm³/mol. The van der Waals surface area contributed by atoms with Crippen LogP contribution < -0.4 is 15.2 Å². The number of nitrogens with two attached hydrogens (primary N) is 1. The van der Waals surface area contributed by atoms with Gasteiger partial charge in [-0.05, 0) is 59.8 Å². The van der Waals surface area contributed by atoms with Crippen LogP contribution in [0.5, 0.6) is 5.75 Å². The highest BCUT2D eigenvalue weighted by Gasteiger charge is 2.31. The number of benzene rings is 3. The van der Waals surface area contributed by atoms with E-state index in [-0.39, 0.29) is 10.5 Å². The van der Waals surface area contributed by atoms with Crippen LogP contribution in [0.2, 0.25) is 0 Å². The average Bonchev–Trinajstić information content (AvgIpc) is 2.83. The van der Waals surface area contributed by atoms with Crippen LogP contribution in [-0.2, 0) is 10.0 Å². The number of pyridine rings is 1. The molecule has 4 rings (SSSR count). The van der Waals surface area contributed by atoms with Gasteiger partial charge in [0.25, 0.3) is 0 Å². The minimum absolute atomic E-state index is 0.132. The van der Waals surface area contributed by atoms with Crippen molar-refractivity contribution in [3.63, 3.8) is 0 Å². The van der Waals surface area contributed by atoms with Crippen molar-refractivity contribution in [3.8, 4) is 5.75 Å². The molecule has 0 saturated carbocycles. The lowest BCUT2D eigenvalue weighted by Crippen LogP contribution is -2.30. The maximum Gasteiger partial charge on any atom is 0.573 e. The quantitative estimate of drug-likeness (QED) is 0.374. The minimum atomic E-state index is -4.87. The summed E-state index contributed by atoms with van der Waals surface area (Å²) in [6.45, 7) is 1.79. The number of nitrogens with zero attached hydrogens (tertiary/aromatic N) is 1. The molecule has 1 heterocycles. The number of fused-ring (bicyclic) bond motifs is 1. The number of rotatable bonds is 7. The van der Waals surface area contributed by atoms with E-state index >= 15 is 0 Å². The fraction of sp³-hybridized carbons (Fsp3) is 0.120. The molecule has 0 saturated heterocycles. The summed E-state index contributed by atoms with van der Waals surface area (Å²) in [5.74, 6) is -1.15. The minimum Gasteiger partial charge on any atom is -0.406 e. The van der Waals surface area contributed by atoms with Crippen molar-refractivity contribution < 1.29 is 31.1 Å². The van der Waals surface area contributed by atoms with E-state index in [9.17, 15) is 26.4 Å². The molecule has 0 aliphatic carbocycles. The number of carbonyl (C=O) groups is 1. The Labute approximate surface area is 204 Å². The molecular weight excluding hydrogens is 495 g/mol. The van der Waals surface area contributed by atoms with Crippen LogP contribution in [0.3, 0.4) is 0 Å². The number of ether oxygens (including phenoxy) is 1. The first kappa shape index (κ1) is 25.1. The molecule has 1 atom stereocenters. The van der Waals surface area contributed by atoms with Crippen LogP contribution in [0.25, 0.3) is 10.8 Å². The molecule has 4 aromatic rings. The summed E-state index contributed by atoms with van der Waals surface area (Å²) in [5.41, 5.74) is 6.77. The van der Waals surface area contributed by atoms with Crippen LogP contribution >= 0.6 is 0 Å². The molecule has 0 spiro atoms. The molecule has 1 unspecified atom stereocenters. The number of hydrogen-bond acceptors (Lipinski definition) is 5. The van der Waals surface area contributed by atoms with Gasteiger partial charge in [0.2, 0.25) is 15.9 Å². The highest BCUT2D eigenvalue weighted by atomic mass is 32.2. The van der Waals surface area contributed by atoms with Crippen LogP contribution in [0, 0.1) is 6.92 Å². The van der Waals surface area contributed by atoms with Crippen LogP contribution in [0.4, 0.5) is 13.2 Å². The van der Waals surface area contributed by atoms with E-state index < -0.39 is 34.1 Å². The van der Waals surface area contributed by atoms with E-state index in [1.54, 1.807) is 13.1 Å². The third-order valence-electron chi connectivity index (χ3n) is 5.53. The number of aromatic nitrogens is 1. The smallest absolute Gasteiger partial charge is 0.406 e. The van der Waals surface area contributed by atoms with Gasteiger partial charge in [0.15, 0.2) is 0 Å². The third kappa shape index (κ3) is 5.47. The van der Waals surface area contributed by atoms with Crippen molar-refractivity contribution in [2.45, 2.75) is 24.2 Å². The fourth-order valence-corrected chi connectivity index (χ4v) is 4.97. The van der Waals surface area contributed by atoms with Gasteiger partial charge >= 0.3 is 6.36 Å². The number of aryl methyl sites for hydroxylation is 1. The van der Waals surface area contributed by atoms with Gasteiger partial charge in [-0.25, -0.2) is 8.42 Å². The van der Waals surface area contributed by atoms with Crippen molar-refractivity contribution in [2.24, 2.45) is 5.73 Å². The summed E-state index contributed by atoms with van der Waals surface area (Å²) >= 11 is 0. The van der Waals surface area contributed by atoms with E-state index in [0.717, 1.165) is 22.9 Å². The van der Waals surface area contributed by atoms with E-state index in [4.69, 9.17) is 5.73 Å². The summed E-state index contributed by atoms with van der Waals surface area (Å²) in [4.78, 5) is 15.7. The average molecular weight is 516 g/mol. The fourth-order valence-electron chi connectivity index (χ4n) is 3.78. The predicted octanol–water partition coefficient (Wildman–Crippen LogP) is 4.61. The van der Waals surface area contributed by atoms with Gasteiger partial charge in [0, 0.05) is 17.1 Å². The molecule has 0 bridgehead atoms. The lowest BCUT2D eigenvalue weighted by molar-refractivity contribution is -0.274. The largest absolute Gasteiger partial charge is 0.573 e. The molecule has 0 aliphatic heterocycles. The molecule has 7 nitrogen and oxygen atoms in total. The SMILES string of the molecule is Cc1c(C(NS(=O)(=O)c2ccc(C(N)=O)cc2)c2ccc(OC(F)(F)F)cc2)ncc2ccccc12. The van der Waals surface area contributed by atoms with Gasteiger partial charge in [0.1, 0.15) is 5.75 Å². The van der Waals surface area contributed by atoms with Crippen molar-refractivity contribution in [2.75, 3.05) is 0 Å². The molecule has 0 fully saturated rings. The highest BCUT2D eigenvalue weighted by Crippen LogP contribution is 2.31. The normalized spacial score (nSPS) is 12.9. The van der Waals surface area contributed by atoms with Gasteiger partial charge < -0.3 is 10.5 Å². The number of nitrogens with one attached hydrogen (secondary N) is 1. The van der Waals surface area contributed by atoms with Crippen molar-refractivity contribution >= 4 is 26.7 Å². The Balaban J connectivity index is 1.78. The maximum atomic E-state index is 13.3. The van der Waals surface area contributed by atoms with Crippen molar-refractivity contribution in [3.05, 3.63) is 101 Å². The third-order valence-corrected chi connectivity index (χ3v) is 6.97. The number of halogens is 3. The molecule has 186 valence electrons. The summed E-state index contributed by atoms with van der Waals surface area (Å²) in [7, 11) is -4.16. The van der Waals surface area contributed by atoms with Crippen LogP contribution in [0.1, 0.15) is 33.2 Å². The lowest BCUT2D eigenvalue weighted by Gasteiger charge is -2.22. The zero-order valence-electron chi connectivity index (χ0n) is 18.8. The van der Waals surface area contributed by atoms with Gasteiger partial charge in [0.05, 0.1) is 16.6 Å². The number of alkyl halides is 3. The second-order valence-electron chi connectivity index (χ2n) is 7.92. The second kappa shape index (κ2) is 9.59. The molecule has 0 aliphatic rings. The Morgan fingerprint density at radius 2 is 1.64 bits per heavy atom. The standard InChI is InChI=1S/C25H20F3N3O4S/c1-15-21-5-3-2-4-18(21)14-30-22(15)23(16-6-10-19(11-7-16)35-25(26,27)28)31-36(33,34)20-12-8-17(9-13-20)24(29)32/h2-14,23,31H,1H3,(H2,29,32). The van der Waals surface area contributed by atoms with E-state index in [0.29, 0.717) is 16.8 Å². The Kier molecular flexibility index (Phi) is 6.70. The number of carbonyl (C=O) groups excluding carboxylic acids is 1. The van der Waals surface area contributed by atoms with E-state index in [1.807, 2.05) is 24.3 Å². The lowest BCUT2D eigenvalue weighted by atomic mass is 9.97. The second-order valence-corrected chi connectivity index (χ2v) is 9.63. The zero-order chi connectivity index (χ0) is 26.1. The molecule has 3 N–H and O–H groups in total. The van der Waals surface area contributed by atoms with Crippen LogP contribution in [0.15, 0.2) is 83.9 Å². The molecule has 1 amide bonds. The Hall–Kier alpha value is -3.96. The molecule has 36 heavy (non-hydrogen) atoms. The molecular formula is C25H20F3N3O4S. The zero-order valence-corrected chi connectivity index (χ0v) is 19.6. The number of hydrogen-bond donors (Lipinski definition) is 2. The Morgan fingerprint density at radius 3 is 2.25 bits per heavy atom. The summed E-state index contributed by atoms with van der Waals surface area (Å²) < 4.78 is 70.9. The maximum absolute atomic E-state index is 13.3. The molecule has 11 heteroatoms. The van der Waals surface area contributed by atoms with Gasteiger partial charge in [-0.3, -0.25) is 9.78 Å². The highest BCUT2D eigenvalue weighted by molar-refractivity contribution is 7.89. The number of sulfonamides is 1. The van der Waals surface area contributed by atoms with Gasteiger partial charge in [-0.1, -0.05) is 36.4 Å². The first-order valence-corrected chi connectivity index (χ1v) is 12.0. The van der Waals surface area contributed by atoms with E-state index in [2.05, 4.69) is 14.4 Å². The first-order valence-electron chi connectivity index (χ1n) is 10.6. The molecule has 1 aromatic heterocycles.